The first-order valence-electron chi connectivity index (χ1n) is 7.73. The third kappa shape index (κ3) is 3.99. The van der Waals surface area contributed by atoms with Crippen LogP contribution in [0.15, 0.2) is 0 Å². The molecule has 0 amide bonds. The van der Waals surface area contributed by atoms with Gasteiger partial charge in [0.1, 0.15) is 0 Å². The second-order valence-corrected chi connectivity index (χ2v) is 7.32. The minimum absolute atomic E-state index is 0. The molecule has 5 heteroatoms. The molecule has 1 fully saturated rings. The van der Waals surface area contributed by atoms with E-state index in [1.54, 1.807) is 0 Å². The summed E-state index contributed by atoms with van der Waals surface area (Å²) in [5.41, 5.74) is 3.94. The highest BCUT2D eigenvalue weighted by molar-refractivity contribution is 5.85. The lowest BCUT2D eigenvalue weighted by Crippen LogP contribution is -2.53. The van der Waals surface area contributed by atoms with Gasteiger partial charge < -0.3 is 5.32 Å². The molecule has 0 aliphatic carbocycles. The quantitative estimate of drug-likeness (QED) is 0.911. The van der Waals surface area contributed by atoms with Crippen LogP contribution < -0.4 is 5.32 Å². The lowest BCUT2D eigenvalue weighted by Gasteiger charge is -2.37. The first kappa shape index (κ1) is 18.5. The van der Waals surface area contributed by atoms with Gasteiger partial charge in [0.05, 0.1) is 11.2 Å². The monoisotopic (exact) mass is 314 g/mol. The fourth-order valence-corrected chi connectivity index (χ4v) is 3.08. The molecule has 0 aromatic carbocycles. The van der Waals surface area contributed by atoms with Crippen molar-refractivity contribution in [1.29, 1.82) is 0 Å². The van der Waals surface area contributed by atoms with Crippen molar-refractivity contribution in [2.75, 3.05) is 13.1 Å². The molecule has 1 aromatic rings. The average molecular weight is 315 g/mol. The van der Waals surface area contributed by atoms with Crippen molar-refractivity contribution >= 4 is 12.4 Å². The van der Waals surface area contributed by atoms with E-state index in [9.17, 15) is 0 Å². The molecule has 2 atom stereocenters. The number of piperazine rings is 1. The van der Waals surface area contributed by atoms with Crippen LogP contribution in [0.1, 0.15) is 51.6 Å². The molecular weight excluding hydrogens is 284 g/mol. The number of aryl methyl sites for hydroxylation is 1. The Balaban J connectivity index is 0.00000220. The second-order valence-electron chi connectivity index (χ2n) is 7.32. The summed E-state index contributed by atoms with van der Waals surface area (Å²) in [5.74, 6) is 0. The van der Waals surface area contributed by atoms with Gasteiger partial charge in [0, 0.05) is 43.0 Å². The summed E-state index contributed by atoms with van der Waals surface area (Å²) in [4.78, 5) is 2.57. The van der Waals surface area contributed by atoms with E-state index in [1.165, 1.54) is 17.0 Å². The Labute approximate surface area is 135 Å². The van der Waals surface area contributed by atoms with Crippen LogP contribution in [0.4, 0.5) is 0 Å². The van der Waals surface area contributed by atoms with Crippen LogP contribution in [0.25, 0.3) is 0 Å². The van der Waals surface area contributed by atoms with Crippen LogP contribution in [0.5, 0.6) is 0 Å². The normalized spacial score (nSPS) is 24.0. The summed E-state index contributed by atoms with van der Waals surface area (Å²) in [7, 11) is 0. The van der Waals surface area contributed by atoms with Crippen LogP contribution in [0.2, 0.25) is 0 Å². The highest BCUT2D eigenvalue weighted by Gasteiger charge is 2.26. The molecule has 1 aliphatic rings. The van der Waals surface area contributed by atoms with Gasteiger partial charge in [0.15, 0.2) is 0 Å². The highest BCUT2D eigenvalue weighted by Crippen LogP contribution is 2.23. The van der Waals surface area contributed by atoms with Crippen molar-refractivity contribution in [2.45, 2.75) is 72.6 Å². The first-order valence-corrected chi connectivity index (χ1v) is 7.73. The van der Waals surface area contributed by atoms with Gasteiger partial charge in [-0.05, 0) is 48.5 Å². The number of hydrogen-bond donors (Lipinski definition) is 1. The van der Waals surface area contributed by atoms with E-state index in [0.717, 1.165) is 19.6 Å². The smallest absolute Gasteiger partial charge is 0.0641 e. The maximum absolute atomic E-state index is 4.77. The van der Waals surface area contributed by atoms with Gasteiger partial charge in [0.25, 0.3) is 0 Å². The third-order valence-electron chi connectivity index (χ3n) is 4.33. The third-order valence-corrected chi connectivity index (χ3v) is 4.33. The molecule has 2 rings (SSSR count). The molecule has 0 saturated carbocycles. The predicted molar refractivity (Wildman–Crippen MR) is 91.3 cm³/mol. The molecule has 1 saturated heterocycles. The molecule has 2 unspecified atom stereocenters. The zero-order valence-electron chi connectivity index (χ0n) is 14.5. The molecule has 0 spiro atoms. The number of rotatable bonds is 2. The molecule has 1 N–H and O–H groups in total. The lowest BCUT2D eigenvalue weighted by atomic mass is 10.1. The van der Waals surface area contributed by atoms with Gasteiger partial charge in [0.2, 0.25) is 0 Å². The summed E-state index contributed by atoms with van der Waals surface area (Å²) >= 11 is 0. The fraction of sp³-hybridized carbons (Fsp3) is 0.812. The van der Waals surface area contributed by atoms with E-state index in [4.69, 9.17) is 5.10 Å². The van der Waals surface area contributed by atoms with Crippen molar-refractivity contribution in [3.63, 3.8) is 0 Å². The Morgan fingerprint density at radius 2 is 1.86 bits per heavy atom. The summed E-state index contributed by atoms with van der Waals surface area (Å²) in [6.45, 7) is 18.8. The van der Waals surface area contributed by atoms with Crippen molar-refractivity contribution in [2.24, 2.45) is 0 Å². The molecule has 4 nitrogen and oxygen atoms in total. The molecule has 1 aromatic heterocycles. The van der Waals surface area contributed by atoms with Crippen LogP contribution in [-0.4, -0.2) is 39.9 Å². The Kier molecular flexibility index (Phi) is 5.87. The standard InChI is InChI=1S/C16H30N4.ClH/c1-11-9-19(12(2)8-17-11)10-15-13(3)18-20(14(15)4)16(5,6)7;/h11-12,17H,8-10H2,1-7H3;1H. The Morgan fingerprint density at radius 1 is 1.24 bits per heavy atom. The highest BCUT2D eigenvalue weighted by atomic mass is 35.5. The second kappa shape index (κ2) is 6.67. The van der Waals surface area contributed by atoms with E-state index in [2.05, 4.69) is 63.4 Å². The maximum Gasteiger partial charge on any atom is 0.0641 e. The van der Waals surface area contributed by atoms with Crippen LogP contribution in [0, 0.1) is 13.8 Å². The molecule has 0 radical (unpaired) electrons. The van der Waals surface area contributed by atoms with Gasteiger partial charge in [-0.25, -0.2) is 0 Å². The number of nitrogens with one attached hydrogen (secondary N) is 1. The average Bonchev–Trinajstić information content (AvgIpc) is 2.61. The van der Waals surface area contributed by atoms with Gasteiger partial charge >= 0.3 is 0 Å². The van der Waals surface area contributed by atoms with Gasteiger partial charge in [-0.1, -0.05) is 0 Å². The zero-order chi connectivity index (χ0) is 15.1. The van der Waals surface area contributed by atoms with Crippen molar-refractivity contribution in [3.05, 3.63) is 17.0 Å². The number of hydrogen-bond acceptors (Lipinski definition) is 3. The SMILES string of the molecule is Cc1nn(C(C)(C)C)c(C)c1CN1CC(C)NCC1C.Cl. The number of halogens is 1. The minimum atomic E-state index is 0. The van der Waals surface area contributed by atoms with E-state index in [-0.39, 0.29) is 17.9 Å². The van der Waals surface area contributed by atoms with Crippen molar-refractivity contribution in [1.82, 2.24) is 20.0 Å². The van der Waals surface area contributed by atoms with Crippen molar-refractivity contribution < 1.29 is 0 Å². The first-order chi connectivity index (χ1) is 9.20. The fourth-order valence-electron chi connectivity index (χ4n) is 3.08. The van der Waals surface area contributed by atoms with Crippen LogP contribution >= 0.6 is 12.4 Å². The Bertz CT molecular complexity index is 475. The van der Waals surface area contributed by atoms with E-state index in [1.807, 2.05) is 0 Å². The molecule has 2 heterocycles. The number of aromatic nitrogens is 2. The largest absolute Gasteiger partial charge is 0.311 e. The maximum atomic E-state index is 4.77. The molecule has 0 bridgehead atoms. The Morgan fingerprint density at radius 3 is 2.38 bits per heavy atom. The van der Waals surface area contributed by atoms with Gasteiger partial charge in [-0.15, -0.1) is 12.4 Å². The summed E-state index contributed by atoms with van der Waals surface area (Å²) in [6, 6.07) is 1.16. The van der Waals surface area contributed by atoms with E-state index < -0.39 is 0 Å². The predicted octanol–water partition coefficient (Wildman–Crippen LogP) is 2.86. The van der Waals surface area contributed by atoms with Crippen LogP contribution in [-0.2, 0) is 12.1 Å². The van der Waals surface area contributed by atoms with Crippen molar-refractivity contribution in [3.8, 4) is 0 Å². The van der Waals surface area contributed by atoms with E-state index in [0.29, 0.717) is 12.1 Å². The van der Waals surface area contributed by atoms with E-state index >= 15 is 0 Å². The summed E-state index contributed by atoms with van der Waals surface area (Å²) in [6.07, 6.45) is 0. The summed E-state index contributed by atoms with van der Waals surface area (Å²) in [5, 5.41) is 8.31. The molecular formula is C16H31ClN4. The van der Waals surface area contributed by atoms with Gasteiger partial charge in [-0.3, -0.25) is 9.58 Å². The Hall–Kier alpha value is -0.580. The molecule has 122 valence electrons. The van der Waals surface area contributed by atoms with Gasteiger partial charge in [-0.2, -0.15) is 5.10 Å². The zero-order valence-corrected chi connectivity index (χ0v) is 15.3. The summed E-state index contributed by atoms with van der Waals surface area (Å²) < 4.78 is 2.17. The topological polar surface area (TPSA) is 33.1 Å². The minimum Gasteiger partial charge on any atom is -0.311 e. The lowest BCUT2D eigenvalue weighted by molar-refractivity contribution is 0.138. The molecule has 21 heavy (non-hydrogen) atoms. The molecule has 1 aliphatic heterocycles. The number of nitrogens with zero attached hydrogens (tertiary/aromatic N) is 3. The van der Waals surface area contributed by atoms with Crippen LogP contribution in [0.3, 0.4) is 0 Å².